The van der Waals surface area contributed by atoms with E-state index in [0.717, 1.165) is 5.82 Å². The van der Waals surface area contributed by atoms with Crippen LogP contribution in [0, 0.1) is 5.41 Å². The Kier molecular flexibility index (Phi) is 3.45. The summed E-state index contributed by atoms with van der Waals surface area (Å²) in [7, 11) is 0. The molecular formula is C10H14BrClN4O. The van der Waals surface area contributed by atoms with Crippen molar-refractivity contribution in [1.82, 2.24) is 19.7 Å². The van der Waals surface area contributed by atoms with E-state index in [4.69, 9.17) is 11.6 Å². The molecule has 0 radical (unpaired) electrons. The van der Waals surface area contributed by atoms with E-state index in [1.165, 1.54) is 0 Å². The smallest absolute Gasteiger partial charge is 0.229 e. The van der Waals surface area contributed by atoms with Gasteiger partial charge in [-0.25, -0.2) is 9.67 Å². The first kappa shape index (κ1) is 12.8. The van der Waals surface area contributed by atoms with Gasteiger partial charge in [0.25, 0.3) is 0 Å². The molecule has 0 aromatic carbocycles. The molecule has 1 aliphatic heterocycles. The van der Waals surface area contributed by atoms with Crippen LogP contribution >= 0.6 is 27.5 Å². The van der Waals surface area contributed by atoms with Gasteiger partial charge in [-0.2, -0.15) is 0 Å². The normalized spacial score (nSPS) is 15.9. The summed E-state index contributed by atoms with van der Waals surface area (Å²) in [6.45, 7) is 5.55. The van der Waals surface area contributed by atoms with Crippen molar-refractivity contribution in [3.05, 3.63) is 10.6 Å². The van der Waals surface area contributed by atoms with Crippen molar-refractivity contribution in [2.24, 2.45) is 5.41 Å². The number of hydrogen-bond acceptors (Lipinski definition) is 3. The molecule has 17 heavy (non-hydrogen) atoms. The third-order valence-corrected chi connectivity index (χ3v) is 3.84. The van der Waals surface area contributed by atoms with Gasteiger partial charge < -0.3 is 4.90 Å². The van der Waals surface area contributed by atoms with E-state index in [-0.39, 0.29) is 5.91 Å². The van der Waals surface area contributed by atoms with Crippen LogP contribution in [0.3, 0.4) is 0 Å². The monoisotopic (exact) mass is 320 g/mol. The van der Waals surface area contributed by atoms with E-state index in [9.17, 15) is 4.79 Å². The quantitative estimate of drug-likeness (QED) is 0.778. The zero-order chi connectivity index (χ0) is 12.6. The predicted molar refractivity (Wildman–Crippen MR) is 67.6 cm³/mol. The third-order valence-electron chi connectivity index (χ3n) is 2.84. The van der Waals surface area contributed by atoms with Crippen LogP contribution in [0.4, 0.5) is 0 Å². The molecule has 2 rings (SSSR count). The van der Waals surface area contributed by atoms with Crippen LogP contribution in [0.1, 0.15) is 19.7 Å². The second-order valence-corrected chi connectivity index (χ2v) is 5.74. The highest BCUT2D eigenvalue weighted by atomic mass is 79.9. The molecule has 0 unspecified atom stereocenters. The fraction of sp³-hybridized carbons (Fsp3) is 0.700. The summed E-state index contributed by atoms with van der Waals surface area (Å²) < 4.78 is 2.39. The largest absolute Gasteiger partial charge is 0.333 e. The second kappa shape index (κ2) is 4.57. The predicted octanol–water partition coefficient (Wildman–Crippen LogP) is 1.65. The van der Waals surface area contributed by atoms with Crippen LogP contribution in [0.5, 0.6) is 0 Å². The van der Waals surface area contributed by atoms with E-state index in [1.54, 1.807) is 4.90 Å². The maximum atomic E-state index is 12.2. The Hall–Kier alpha value is -0.620. The minimum atomic E-state index is -0.527. The van der Waals surface area contributed by atoms with Crippen LogP contribution in [0.25, 0.3) is 0 Å². The van der Waals surface area contributed by atoms with Gasteiger partial charge in [-0.1, -0.05) is 0 Å². The number of hydrogen-bond donors (Lipinski definition) is 0. The molecule has 5 nitrogen and oxygen atoms in total. The van der Waals surface area contributed by atoms with E-state index >= 15 is 0 Å². The van der Waals surface area contributed by atoms with Gasteiger partial charge in [0.15, 0.2) is 0 Å². The standard InChI is InChI=1S/C10H14BrClN4O/c1-10(2,6-12)8(17)15-3-4-16-7(5-15)13-9(11)14-16/h3-6H2,1-2H3. The van der Waals surface area contributed by atoms with Crippen LogP contribution in [-0.2, 0) is 17.9 Å². The Morgan fingerprint density at radius 3 is 2.88 bits per heavy atom. The van der Waals surface area contributed by atoms with Gasteiger partial charge in [-0.3, -0.25) is 4.79 Å². The summed E-state index contributed by atoms with van der Waals surface area (Å²) in [4.78, 5) is 18.3. The molecule has 0 aliphatic carbocycles. The Balaban J connectivity index is 2.15. The van der Waals surface area contributed by atoms with Gasteiger partial charge in [0, 0.05) is 12.4 Å². The number of alkyl halides is 1. The highest BCUT2D eigenvalue weighted by Gasteiger charge is 2.33. The Morgan fingerprint density at radius 2 is 2.24 bits per heavy atom. The van der Waals surface area contributed by atoms with Crippen LogP contribution in [-0.4, -0.2) is 38.0 Å². The Morgan fingerprint density at radius 1 is 1.53 bits per heavy atom. The molecule has 2 heterocycles. The maximum Gasteiger partial charge on any atom is 0.229 e. The molecule has 1 aromatic heterocycles. The Labute approximate surface area is 113 Å². The molecule has 1 aliphatic rings. The fourth-order valence-corrected chi connectivity index (χ4v) is 2.27. The first-order valence-electron chi connectivity index (χ1n) is 5.38. The summed E-state index contributed by atoms with van der Waals surface area (Å²) in [5.41, 5.74) is -0.527. The zero-order valence-corrected chi connectivity index (χ0v) is 12.1. The topological polar surface area (TPSA) is 51.0 Å². The zero-order valence-electron chi connectivity index (χ0n) is 9.78. The first-order valence-corrected chi connectivity index (χ1v) is 6.71. The lowest BCUT2D eigenvalue weighted by molar-refractivity contribution is -0.140. The summed E-state index contributed by atoms with van der Waals surface area (Å²) in [6.07, 6.45) is 0. The summed E-state index contributed by atoms with van der Waals surface area (Å²) in [5.74, 6) is 1.19. The van der Waals surface area contributed by atoms with Gasteiger partial charge in [0.2, 0.25) is 10.6 Å². The van der Waals surface area contributed by atoms with Gasteiger partial charge in [-0.15, -0.1) is 16.7 Å². The third kappa shape index (κ3) is 2.47. The summed E-state index contributed by atoms with van der Waals surface area (Å²) in [6, 6.07) is 0. The van der Waals surface area contributed by atoms with Gasteiger partial charge >= 0.3 is 0 Å². The van der Waals surface area contributed by atoms with E-state index < -0.39 is 5.41 Å². The van der Waals surface area contributed by atoms with Crippen molar-refractivity contribution in [2.75, 3.05) is 12.4 Å². The number of carbonyl (C=O) groups is 1. The SMILES string of the molecule is CC(C)(CCl)C(=O)N1CCn2nc(Br)nc2C1. The second-order valence-electron chi connectivity index (χ2n) is 4.76. The summed E-state index contributed by atoms with van der Waals surface area (Å²) >= 11 is 9.06. The molecule has 0 spiro atoms. The molecule has 1 aromatic rings. The number of aromatic nitrogens is 3. The lowest BCUT2D eigenvalue weighted by Gasteiger charge is -2.32. The number of nitrogens with zero attached hydrogens (tertiary/aromatic N) is 4. The van der Waals surface area contributed by atoms with E-state index in [1.807, 2.05) is 18.5 Å². The van der Waals surface area contributed by atoms with Crippen LogP contribution in [0.15, 0.2) is 4.73 Å². The molecule has 0 N–H and O–H groups in total. The van der Waals surface area contributed by atoms with Crippen LogP contribution in [0.2, 0.25) is 0 Å². The molecular weight excluding hydrogens is 307 g/mol. The first-order chi connectivity index (χ1) is 7.94. The number of fused-ring (bicyclic) bond motifs is 1. The molecule has 1 amide bonds. The highest BCUT2D eigenvalue weighted by molar-refractivity contribution is 9.10. The summed E-state index contributed by atoms with van der Waals surface area (Å²) in [5, 5.41) is 4.19. The van der Waals surface area contributed by atoms with Gasteiger partial charge in [0.05, 0.1) is 18.5 Å². The lowest BCUT2D eigenvalue weighted by Crippen LogP contribution is -2.45. The molecule has 94 valence electrons. The van der Waals surface area contributed by atoms with E-state index in [2.05, 4.69) is 26.0 Å². The molecule has 0 atom stereocenters. The van der Waals surface area contributed by atoms with Gasteiger partial charge in [0.1, 0.15) is 5.82 Å². The molecule has 0 saturated carbocycles. The molecule has 7 heteroatoms. The lowest BCUT2D eigenvalue weighted by atomic mass is 9.94. The van der Waals surface area contributed by atoms with Crippen LogP contribution < -0.4 is 0 Å². The van der Waals surface area contributed by atoms with Crippen molar-refractivity contribution in [3.8, 4) is 0 Å². The van der Waals surface area contributed by atoms with Crippen molar-refractivity contribution >= 4 is 33.4 Å². The number of rotatable bonds is 2. The average Bonchev–Trinajstić information content (AvgIpc) is 2.66. The number of halogens is 2. The number of amides is 1. The Bertz CT molecular complexity index is 446. The minimum Gasteiger partial charge on any atom is -0.333 e. The van der Waals surface area contributed by atoms with Crippen molar-refractivity contribution in [1.29, 1.82) is 0 Å². The van der Waals surface area contributed by atoms with Crippen molar-refractivity contribution in [2.45, 2.75) is 26.9 Å². The fourth-order valence-electron chi connectivity index (χ4n) is 1.76. The average molecular weight is 322 g/mol. The number of carbonyl (C=O) groups excluding carboxylic acids is 1. The van der Waals surface area contributed by atoms with E-state index in [0.29, 0.717) is 30.2 Å². The van der Waals surface area contributed by atoms with Crippen molar-refractivity contribution in [3.63, 3.8) is 0 Å². The molecule has 0 fully saturated rings. The highest BCUT2D eigenvalue weighted by Crippen LogP contribution is 2.23. The molecule has 0 saturated heterocycles. The van der Waals surface area contributed by atoms with Gasteiger partial charge in [-0.05, 0) is 29.8 Å². The molecule has 0 bridgehead atoms. The van der Waals surface area contributed by atoms with Crippen molar-refractivity contribution < 1.29 is 4.79 Å². The minimum absolute atomic E-state index is 0.0675. The maximum absolute atomic E-state index is 12.2.